The van der Waals surface area contributed by atoms with Crippen molar-refractivity contribution in [2.24, 2.45) is 0 Å². The largest absolute Gasteiger partial charge is 0.335 e. The van der Waals surface area contributed by atoms with Gasteiger partial charge in [0.2, 0.25) is 0 Å². The number of anilines is 2. The van der Waals surface area contributed by atoms with Gasteiger partial charge in [0.05, 0.1) is 6.54 Å². The molecule has 0 saturated heterocycles. The molecule has 0 amide bonds. The molecule has 1 heterocycles. The van der Waals surface area contributed by atoms with Crippen molar-refractivity contribution < 1.29 is 0 Å². The molecule has 0 aromatic heterocycles. The first-order valence-electron chi connectivity index (χ1n) is 6.22. The predicted octanol–water partition coefficient (Wildman–Crippen LogP) is 5.06. The summed E-state index contributed by atoms with van der Waals surface area (Å²) in [6, 6.07) is 16.6. The first kappa shape index (κ1) is 12.1. The SMILES string of the molecule is C=C(Cl)CN1c2ccccc2C=Cc2ccccc21. The normalized spacial score (nSPS) is 12.6. The lowest BCUT2D eigenvalue weighted by atomic mass is 10.1. The van der Waals surface area contributed by atoms with Crippen molar-refractivity contribution in [1.82, 2.24) is 0 Å². The number of hydrogen-bond donors (Lipinski definition) is 0. The zero-order valence-corrected chi connectivity index (χ0v) is 11.3. The molecule has 2 heteroatoms. The molecular formula is C17H14ClN. The lowest BCUT2D eigenvalue weighted by Gasteiger charge is -2.26. The van der Waals surface area contributed by atoms with E-state index >= 15 is 0 Å². The van der Waals surface area contributed by atoms with Gasteiger partial charge in [0.1, 0.15) is 0 Å². The van der Waals surface area contributed by atoms with Crippen LogP contribution >= 0.6 is 11.6 Å². The number of fused-ring (bicyclic) bond motifs is 2. The lowest BCUT2D eigenvalue weighted by molar-refractivity contribution is 1.08. The molecule has 0 bridgehead atoms. The van der Waals surface area contributed by atoms with Crippen LogP contribution in [0.25, 0.3) is 12.2 Å². The molecule has 2 aromatic carbocycles. The number of halogens is 1. The van der Waals surface area contributed by atoms with Crippen molar-refractivity contribution in [2.45, 2.75) is 0 Å². The molecule has 0 saturated carbocycles. The van der Waals surface area contributed by atoms with E-state index in [4.69, 9.17) is 11.6 Å². The Bertz CT molecular complexity index is 608. The highest BCUT2D eigenvalue weighted by molar-refractivity contribution is 6.29. The fourth-order valence-electron chi connectivity index (χ4n) is 2.40. The average molecular weight is 268 g/mol. The highest BCUT2D eigenvalue weighted by atomic mass is 35.5. The molecule has 2 aromatic rings. The Labute approximate surface area is 118 Å². The van der Waals surface area contributed by atoms with Crippen LogP contribution in [0.2, 0.25) is 0 Å². The summed E-state index contributed by atoms with van der Waals surface area (Å²) in [5.41, 5.74) is 4.70. The van der Waals surface area contributed by atoms with E-state index in [0.717, 1.165) is 11.4 Å². The standard InChI is InChI=1S/C17H14ClN/c1-13(18)12-19-16-8-4-2-6-14(16)10-11-15-7-3-5-9-17(15)19/h2-11H,1,12H2. The van der Waals surface area contributed by atoms with Crippen molar-refractivity contribution in [3.05, 3.63) is 71.3 Å². The lowest BCUT2D eigenvalue weighted by Crippen LogP contribution is -2.19. The summed E-state index contributed by atoms with van der Waals surface area (Å²) < 4.78 is 0. The Hall–Kier alpha value is -1.99. The van der Waals surface area contributed by atoms with Gasteiger partial charge in [-0.15, -0.1) is 0 Å². The Morgan fingerprint density at radius 2 is 1.37 bits per heavy atom. The molecule has 19 heavy (non-hydrogen) atoms. The molecule has 3 rings (SSSR count). The number of nitrogens with zero attached hydrogens (tertiary/aromatic N) is 1. The second-order valence-corrected chi connectivity index (χ2v) is 5.09. The summed E-state index contributed by atoms with van der Waals surface area (Å²) >= 11 is 6.04. The van der Waals surface area contributed by atoms with E-state index in [0.29, 0.717) is 11.6 Å². The van der Waals surface area contributed by atoms with Crippen LogP contribution in [-0.4, -0.2) is 6.54 Å². The van der Waals surface area contributed by atoms with Crippen LogP contribution in [0.1, 0.15) is 11.1 Å². The molecule has 94 valence electrons. The van der Waals surface area contributed by atoms with Gasteiger partial charge in [0, 0.05) is 16.4 Å². The maximum atomic E-state index is 6.04. The summed E-state index contributed by atoms with van der Waals surface area (Å²) in [5, 5.41) is 0.631. The summed E-state index contributed by atoms with van der Waals surface area (Å²) in [7, 11) is 0. The van der Waals surface area contributed by atoms with E-state index in [9.17, 15) is 0 Å². The maximum absolute atomic E-state index is 6.04. The van der Waals surface area contributed by atoms with E-state index in [-0.39, 0.29) is 0 Å². The van der Waals surface area contributed by atoms with Gasteiger partial charge in [-0.1, -0.05) is 66.7 Å². The number of hydrogen-bond acceptors (Lipinski definition) is 1. The number of benzene rings is 2. The van der Waals surface area contributed by atoms with Crippen LogP contribution in [0.15, 0.2) is 60.1 Å². The number of rotatable bonds is 2. The van der Waals surface area contributed by atoms with E-state index < -0.39 is 0 Å². The third-order valence-corrected chi connectivity index (χ3v) is 3.35. The van der Waals surface area contributed by atoms with Crippen LogP contribution in [0.4, 0.5) is 11.4 Å². The monoisotopic (exact) mass is 267 g/mol. The molecule has 0 aliphatic carbocycles. The van der Waals surface area contributed by atoms with Crippen LogP contribution < -0.4 is 4.90 Å². The third-order valence-electron chi connectivity index (χ3n) is 3.23. The minimum Gasteiger partial charge on any atom is -0.335 e. The van der Waals surface area contributed by atoms with Gasteiger partial charge < -0.3 is 4.90 Å². The fourth-order valence-corrected chi connectivity index (χ4v) is 2.52. The topological polar surface area (TPSA) is 3.24 Å². The highest BCUT2D eigenvalue weighted by Gasteiger charge is 2.17. The number of para-hydroxylation sites is 2. The molecule has 0 atom stereocenters. The molecule has 0 fully saturated rings. The third kappa shape index (κ3) is 2.29. The molecule has 1 aliphatic heterocycles. The molecule has 0 unspecified atom stereocenters. The van der Waals surface area contributed by atoms with Gasteiger partial charge in [0.15, 0.2) is 0 Å². The summed E-state index contributed by atoms with van der Waals surface area (Å²) in [4.78, 5) is 2.21. The summed E-state index contributed by atoms with van der Waals surface area (Å²) in [6.45, 7) is 4.44. The van der Waals surface area contributed by atoms with Crippen molar-refractivity contribution >= 4 is 35.1 Å². The van der Waals surface area contributed by atoms with Gasteiger partial charge in [-0.2, -0.15) is 0 Å². The zero-order valence-electron chi connectivity index (χ0n) is 10.5. The van der Waals surface area contributed by atoms with Crippen molar-refractivity contribution in [3.8, 4) is 0 Å². The van der Waals surface area contributed by atoms with Crippen molar-refractivity contribution in [1.29, 1.82) is 0 Å². The minimum atomic E-state index is 0.608. The molecule has 0 spiro atoms. The fraction of sp³-hybridized carbons (Fsp3) is 0.0588. The quantitative estimate of drug-likeness (QED) is 0.735. The van der Waals surface area contributed by atoms with Crippen LogP contribution in [-0.2, 0) is 0 Å². The molecular weight excluding hydrogens is 254 g/mol. The van der Waals surface area contributed by atoms with Gasteiger partial charge in [-0.05, 0) is 23.3 Å². The van der Waals surface area contributed by atoms with E-state index in [1.165, 1.54) is 11.1 Å². The predicted molar refractivity (Wildman–Crippen MR) is 83.8 cm³/mol. The second kappa shape index (κ2) is 4.94. The Morgan fingerprint density at radius 3 is 1.84 bits per heavy atom. The second-order valence-electron chi connectivity index (χ2n) is 4.55. The molecule has 1 nitrogen and oxygen atoms in total. The van der Waals surface area contributed by atoms with Crippen molar-refractivity contribution in [3.63, 3.8) is 0 Å². The van der Waals surface area contributed by atoms with Gasteiger partial charge in [0.25, 0.3) is 0 Å². The van der Waals surface area contributed by atoms with Gasteiger partial charge >= 0.3 is 0 Å². The maximum Gasteiger partial charge on any atom is 0.0583 e. The van der Waals surface area contributed by atoms with Crippen LogP contribution in [0, 0.1) is 0 Å². The first-order chi connectivity index (χ1) is 9.25. The minimum absolute atomic E-state index is 0.608. The molecule has 1 aliphatic rings. The summed E-state index contributed by atoms with van der Waals surface area (Å²) in [5.74, 6) is 0. The van der Waals surface area contributed by atoms with Gasteiger partial charge in [-0.3, -0.25) is 0 Å². The Morgan fingerprint density at radius 1 is 0.895 bits per heavy atom. The van der Waals surface area contributed by atoms with E-state index in [2.05, 4.69) is 47.9 Å². The Kier molecular flexibility index (Phi) is 3.14. The van der Waals surface area contributed by atoms with Crippen LogP contribution in [0.3, 0.4) is 0 Å². The molecule has 0 N–H and O–H groups in total. The smallest absolute Gasteiger partial charge is 0.0583 e. The average Bonchev–Trinajstić information content (AvgIpc) is 2.57. The van der Waals surface area contributed by atoms with Gasteiger partial charge in [-0.25, -0.2) is 0 Å². The first-order valence-corrected chi connectivity index (χ1v) is 6.60. The zero-order chi connectivity index (χ0) is 13.2. The Balaban J connectivity index is 2.21. The van der Waals surface area contributed by atoms with E-state index in [1.54, 1.807) is 0 Å². The van der Waals surface area contributed by atoms with Crippen molar-refractivity contribution in [2.75, 3.05) is 11.4 Å². The molecule has 0 radical (unpaired) electrons. The van der Waals surface area contributed by atoms with E-state index in [1.807, 2.05) is 24.3 Å². The highest BCUT2D eigenvalue weighted by Crippen LogP contribution is 2.36. The van der Waals surface area contributed by atoms with Crippen LogP contribution in [0.5, 0.6) is 0 Å². The summed E-state index contributed by atoms with van der Waals surface area (Å²) in [6.07, 6.45) is 4.29.